The van der Waals surface area contributed by atoms with Crippen molar-refractivity contribution >= 4 is 38.9 Å². The second kappa shape index (κ2) is 6.71. The van der Waals surface area contributed by atoms with Gasteiger partial charge in [0.2, 0.25) is 0 Å². The largest absolute Gasteiger partial charge is 0.308 e. The van der Waals surface area contributed by atoms with Crippen molar-refractivity contribution in [2.75, 3.05) is 0 Å². The van der Waals surface area contributed by atoms with Gasteiger partial charge < -0.3 is 5.32 Å². The van der Waals surface area contributed by atoms with Crippen LogP contribution >= 0.6 is 38.9 Å². The zero-order valence-corrected chi connectivity index (χ0v) is 13.3. The quantitative estimate of drug-likeness (QED) is 0.803. The van der Waals surface area contributed by atoms with E-state index in [1.807, 2.05) is 23.5 Å². The van der Waals surface area contributed by atoms with Crippen molar-refractivity contribution in [2.45, 2.75) is 26.4 Å². The third kappa shape index (κ3) is 3.58. The highest BCUT2D eigenvalue weighted by molar-refractivity contribution is 9.10. The highest BCUT2D eigenvalue weighted by Crippen LogP contribution is 2.22. The van der Waals surface area contributed by atoms with E-state index in [0.717, 1.165) is 34.6 Å². The molecule has 2 rings (SSSR count). The second-order valence-corrected chi connectivity index (χ2v) is 6.39. The topological polar surface area (TPSA) is 12.0 Å². The first-order valence-electron chi connectivity index (χ1n) is 5.90. The number of rotatable bonds is 5. The van der Waals surface area contributed by atoms with Gasteiger partial charge in [-0.2, -0.15) is 0 Å². The van der Waals surface area contributed by atoms with Gasteiger partial charge in [-0.15, -0.1) is 11.3 Å². The van der Waals surface area contributed by atoms with Gasteiger partial charge >= 0.3 is 0 Å². The molecule has 1 heterocycles. The molecule has 0 aliphatic carbocycles. The Kier molecular flexibility index (Phi) is 5.25. The summed E-state index contributed by atoms with van der Waals surface area (Å²) in [7, 11) is 0. The molecule has 1 nitrogen and oxygen atoms in total. The van der Waals surface area contributed by atoms with Gasteiger partial charge in [-0.1, -0.05) is 40.5 Å². The maximum absolute atomic E-state index is 6.18. The fraction of sp³-hybridized carbons (Fsp3) is 0.286. The molecule has 1 aromatic heterocycles. The third-order valence-electron chi connectivity index (χ3n) is 2.83. The van der Waals surface area contributed by atoms with Crippen LogP contribution in [0.5, 0.6) is 0 Å². The molecule has 1 N–H and O–H groups in total. The van der Waals surface area contributed by atoms with Crippen molar-refractivity contribution in [1.29, 1.82) is 0 Å². The number of nitrogens with one attached hydrogen (secondary N) is 1. The summed E-state index contributed by atoms with van der Waals surface area (Å²) in [5, 5.41) is 6.41. The lowest BCUT2D eigenvalue weighted by Crippen LogP contribution is -2.13. The Morgan fingerprint density at radius 1 is 1.22 bits per heavy atom. The minimum atomic E-state index is 0.799. The maximum Gasteiger partial charge on any atom is 0.0462 e. The molecule has 0 fully saturated rings. The molecule has 0 aliphatic rings. The number of halogens is 2. The Morgan fingerprint density at radius 3 is 2.78 bits per heavy atom. The van der Waals surface area contributed by atoms with Crippen molar-refractivity contribution in [2.24, 2.45) is 0 Å². The molecular formula is C14H15BrClNS. The summed E-state index contributed by atoms with van der Waals surface area (Å²) in [6, 6.07) is 8.20. The van der Waals surface area contributed by atoms with E-state index in [0.29, 0.717) is 0 Å². The number of thiophene rings is 1. The highest BCUT2D eigenvalue weighted by Gasteiger charge is 2.04. The predicted molar refractivity (Wildman–Crippen MR) is 83.4 cm³/mol. The Hall–Kier alpha value is -0.350. The summed E-state index contributed by atoms with van der Waals surface area (Å²) in [6.07, 6.45) is 1.10. The van der Waals surface area contributed by atoms with Crippen molar-refractivity contribution < 1.29 is 0 Å². The summed E-state index contributed by atoms with van der Waals surface area (Å²) < 4.78 is 1.02. The lowest BCUT2D eigenvalue weighted by Gasteiger charge is -2.07. The van der Waals surface area contributed by atoms with E-state index >= 15 is 0 Å². The van der Waals surface area contributed by atoms with E-state index in [4.69, 9.17) is 11.6 Å². The van der Waals surface area contributed by atoms with Crippen LogP contribution in [0.4, 0.5) is 0 Å². The van der Waals surface area contributed by atoms with Gasteiger partial charge in [0.15, 0.2) is 0 Å². The Balaban J connectivity index is 1.92. The first-order chi connectivity index (χ1) is 8.70. The van der Waals surface area contributed by atoms with Gasteiger partial charge in [0.1, 0.15) is 0 Å². The molecule has 0 amide bonds. The van der Waals surface area contributed by atoms with Crippen molar-refractivity contribution in [3.05, 3.63) is 55.1 Å². The van der Waals surface area contributed by atoms with Gasteiger partial charge in [-0.3, -0.25) is 0 Å². The van der Waals surface area contributed by atoms with Crippen LogP contribution in [-0.4, -0.2) is 0 Å². The highest BCUT2D eigenvalue weighted by atomic mass is 79.9. The summed E-state index contributed by atoms with van der Waals surface area (Å²) >= 11 is 11.4. The number of hydrogen-bond donors (Lipinski definition) is 1. The van der Waals surface area contributed by atoms with E-state index in [9.17, 15) is 0 Å². The average Bonchev–Trinajstić information content (AvgIpc) is 2.79. The first-order valence-corrected chi connectivity index (χ1v) is 7.95. The second-order valence-electron chi connectivity index (χ2n) is 4.06. The normalized spacial score (nSPS) is 10.8. The van der Waals surface area contributed by atoms with Crippen LogP contribution in [0.3, 0.4) is 0 Å². The molecule has 2 aromatic rings. The fourth-order valence-corrected chi connectivity index (χ4v) is 3.50. The first kappa shape index (κ1) is 14.1. The molecule has 0 saturated heterocycles. The molecule has 0 saturated carbocycles. The van der Waals surface area contributed by atoms with E-state index in [2.05, 4.69) is 45.7 Å². The third-order valence-corrected chi connectivity index (χ3v) is 4.64. The van der Waals surface area contributed by atoms with Crippen LogP contribution < -0.4 is 5.32 Å². The monoisotopic (exact) mass is 343 g/mol. The molecule has 0 unspecified atom stereocenters. The molecule has 0 atom stereocenters. The SMILES string of the molecule is CCc1ccsc1CNCc1ccc(Br)cc1Cl. The molecule has 0 radical (unpaired) electrons. The molecular weight excluding hydrogens is 330 g/mol. The van der Waals surface area contributed by atoms with E-state index in [1.54, 1.807) is 0 Å². The van der Waals surface area contributed by atoms with Crippen LogP contribution in [0.1, 0.15) is 22.9 Å². The van der Waals surface area contributed by atoms with E-state index < -0.39 is 0 Å². The van der Waals surface area contributed by atoms with Crippen molar-refractivity contribution in [1.82, 2.24) is 5.32 Å². The smallest absolute Gasteiger partial charge is 0.0462 e. The molecule has 4 heteroatoms. The minimum Gasteiger partial charge on any atom is -0.308 e. The fourth-order valence-electron chi connectivity index (χ4n) is 1.81. The van der Waals surface area contributed by atoms with E-state index in [1.165, 1.54) is 10.4 Å². The van der Waals surface area contributed by atoms with Crippen molar-refractivity contribution in [3.63, 3.8) is 0 Å². The zero-order chi connectivity index (χ0) is 13.0. The Bertz CT molecular complexity index is 524. The van der Waals surface area contributed by atoms with Gasteiger partial charge in [-0.05, 0) is 41.1 Å². The summed E-state index contributed by atoms with van der Waals surface area (Å²) in [6.45, 7) is 3.90. The Morgan fingerprint density at radius 2 is 2.06 bits per heavy atom. The van der Waals surface area contributed by atoms with Gasteiger partial charge in [-0.25, -0.2) is 0 Å². The van der Waals surface area contributed by atoms with Crippen LogP contribution in [-0.2, 0) is 19.5 Å². The maximum atomic E-state index is 6.18. The zero-order valence-electron chi connectivity index (χ0n) is 10.2. The molecule has 0 aliphatic heterocycles. The van der Waals surface area contributed by atoms with Crippen LogP contribution in [0.2, 0.25) is 5.02 Å². The standard InChI is InChI=1S/C14H15BrClNS/c1-2-10-5-6-18-14(10)9-17-8-11-3-4-12(15)7-13(11)16/h3-7,17H,2,8-9H2,1H3. The van der Waals surface area contributed by atoms with Gasteiger partial charge in [0.05, 0.1) is 0 Å². The molecule has 96 valence electrons. The lowest BCUT2D eigenvalue weighted by atomic mass is 10.2. The summed E-state index contributed by atoms with van der Waals surface area (Å²) in [5.74, 6) is 0. The van der Waals surface area contributed by atoms with Gasteiger partial charge in [0.25, 0.3) is 0 Å². The van der Waals surface area contributed by atoms with Crippen LogP contribution in [0.15, 0.2) is 34.1 Å². The molecule has 18 heavy (non-hydrogen) atoms. The summed E-state index contributed by atoms with van der Waals surface area (Å²) in [4.78, 5) is 1.42. The van der Waals surface area contributed by atoms with Gasteiger partial charge in [0, 0.05) is 27.5 Å². The van der Waals surface area contributed by atoms with E-state index in [-0.39, 0.29) is 0 Å². The predicted octanol–water partition coefficient (Wildman–Crippen LogP) is 5.02. The van der Waals surface area contributed by atoms with Crippen LogP contribution in [0, 0.1) is 0 Å². The number of hydrogen-bond acceptors (Lipinski definition) is 2. The molecule has 0 spiro atoms. The number of benzene rings is 1. The summed E-state index contributed by atoms with van der Waals surface area (Å²) in [5.41, 5.74) is 2.57. The Labute approximate surface area is 125 Å². The minimum absolute atomic E-state index is 0.799. The van der Waals surface area contributed by atoms with Crippen molar-refractivity contribution in [3.8, 4) is 0 Å². The van der Waals surface area contributed by atoms with Crippen LogP contribution in [0.25, 0.3) is 0 Å². The molecule has 1 aromatic carbocycles. The number of aryl methyl sites for hydroxylation is 1. The average molecular weight is 345 g/mol. The molecule has 0 bridgehead atoms. The lowest BCUT2D eigenvalue weighted by molar-refractivity contribution is 0.697.